The average molecular weight is 670 g/mol. The van der Waals surface area contributed by atoms with Crippen LogP contribution in [0.5, 0.6) is 0 Å². The zero-order valence-electron chi connectivity index (χ0n) is 30.5. The highest BCUT2D eigenvalue weighted by molar-refractivity contribution is 5.73. The number of likely N-dealkylation sites (tertiary alicyclic amines) is 1. The second-order valence-electron chi connectivity index (χ2n) is 16.0. The van der Waals surface area contributed by atoms with Crippen molar-refractivity contribution in [2.24, 2.45) is 35.0 Å². The molecule has 7 nitrogen and oxygen atoms in total. The Kier molecular flexibility index (Phi) is 17.0. The van der Waals surface area contributed by atoms with Crippen molar-refractivity contribution >= 4 is 17.9 Å². The third-order valence-electron chi connectivity index (χ3n) is 11.4. The maximum atomic E-state index is 13.1. The van der Waals surface area contributed by atoms with Gasteiger partial charge in [0.25, 0.3) is 0 Å². The van der Waals surface area contributed by atoms with E-state index in [0.29, 0.717) is 19.4 Å². The van der Waals surface area contributed by atoms with Gasteiger partial charge in [-0.2, -0.15) is 0 Å². The van der Waals surface area contributed by atoms with Gasteiger partial charge in [-0.1, -0.05) is 63.3 Å². The van der Waals surface area contributed by atoms with Crippen molar-refractivity contribution in [3.63, 3.8) is 0 Å². The monoisotopic (exact) mass is 669 g/mol. The van der Waals surface area contributed by atoms with Crippen LogP contribution in [-0.2, 0) is 28.6 Å². The summed E-state index contributed by atoms with van der Waals surface area (Å²) in [5, 5.41) is 0. The maximum absolute atomic E-state index is 13.1. The summed E-state index contributed by atoms with van der Waals surface area (Å²) in [6, 6.07) is 0. The van der Waals surface area contributed by atoms with Crippen LogP contribution in [0.1, 0.15) is 142 Å². The summed E-state index contributed by atoms with van der Waals surface area (Å²) in [6.07, 6.45) is 31.9. The van der Waals surface area contributed by atoms with Crippen LogP contribution in [0.4, 0.5) is 0 Å². The van der Waals surface area contributed by atoms with Crippen LogP contribution in [0.2, 0.25) is 0 Å². The molecule has 7 heteroatoms. The van der Waals surface area contributed by atoms with Crippen molar-refractivity contribution in [3.8, 4) is 0 Å². The summed E-state index contributed by atoms with van der Waals surface area (Å²) in [5.41, 5.74) is 0.120. The average Bonchev–Trinajstić information content (AvgIpc) is 3.05. The van der Waals surface area contributed by atoms with Crippen LogP contribution in [-0.4, -0.2) is 62.8 Å². The van der Waals surface area contributed by atoms with E-state index in [4.69, 9.17) is 14.2 Å². The fraction of sp³-hybridized carbons (Fsp3) is 0.829. The van der Waals surface area contributed by atoms with Crippen LogP contribution in [0, 0.1) is 35.0 Å². The molecule has 0 spiro atoms. The van der Waals surface area contributed by atoms with E-state index in [0.717, 1.165) is 88.5 Å². The number of unbranched alkanes of at least 4 members (excludes halogenated alkanes) is 8. The van der Waals surface area contributed by atoms with Gasteiger partial charge in [-0.05, 0) is 127 Å². The Morgan fingerprint density at radius 2 is 1.33 bits per heavy atom. The summed E-state index contributed by atoms with van der Waals surface area (Å²) in [6.45, 7) is 4.24. The Bertz CT molecular complexity index is 1000. The number of carbonyl (C=O) groups excluding carboxylic acids is 3. The van der Waals surface area contributed by atoms with Crippen molar-refractivity contribution in [2.75, 3.05) is 40.0 Å². The first-order valence-electron chi connectivity index (χ1n) is 19.8. The molecule has 5 fully saturated rings. The summed E-state index contributed by atoms with van der Waals surface area (Å²) >= 11 is 0. The summed E-state index contributed by atoms with van der Waals surface area (Å²) in [4.78, 5) is 40.7. The van der Waals surface area contributed by atoms with Crippen LogP contribution >= 0.6 is 0 Å². The molecule has 2 atom stereocenters. The zero-order chi connectivity index (χ0) is 34.0. The quantitative estimate of drug-likeness (QED) is 0.0465. The molecule has 0 radical (unpaired) electrons. The van der Waals surface area contributed by atoms with Crippen molar-refractivity contribution in [2.45, 2.75) is 142 Å². The van der Waals surface area contributed by atoms with Crippen molar-refractivity contribution in [3.05, 3.63) is 24.3 Å². The standard InChI is InChI=1S/C41H67NO6/c1-3-4-5-6-7-8-9-10-11-12-13-14-15-16-17-20-38(43)46-30-36(32-48-40(45)37-19-18-21-42(2)29-37)31-47-39(44)28-41-25-33-22-34(26-41)24-35(23-33)27-41/h7-8,10-11,33-37H,3-6,9,12-32H2,1-2H3/b8-7-,11-10-. The van der Waals surface area contributed by atoms with Gasteiger partial charge in [0.15, 0.2) is 0 Å². The summed E-state index contributed by atoms with van der Waals surface area (Å²) in [7, 11) is 2.03. The molecule has 0 N–H and O–H groups in total. The van der Waals surface area contributed by atoms with Gasteiger partial charge in [0.05, 0.1) is 18.3 Å². The van der Waals surface area contributed by atoms with Crippen LogP contribution in [0.25, 0.3) is 0 Å². The van der Waals surface area contributed by atoms with E-state index < -0.39 is 0 Å². The van der Waals surface area contributed by atoms with Gasteiger partial charge >= 0.3 is 17.9 Å². The maximum Gasteiger partial charge on any atom is 0.310 e. The van der Waals surface area contributed by atoms with Crippen LogP contribution in [0.3, 0.4) is 0 Å². The largest absolute Gasteiger partial charge is 0.465 e. The molecule has 4 saturated carbocycles. The normalized spacial score (nSPS) is 27.5. The smallest absolute Gasteiger partial charge is 0.310 e. The van der Waals surface area contributed by atoms with Gasteiger partial charge in [-0.15, -0.1) is 0 Å². The van der Waals surface area contributed by atoms with E-state index in [1.54, 1.807) is 0 Å². The lowest BCUT2D eigenvalue weighted by Gasteiger charge is -2.56. The van der Waals surface area contributed by atoms with Gasteiger partial charge in [0, 0.05) is 13.0 Å². The second kappa shape index (κ2) is 21.2. The lowest BCUT2D eigenvalue weighted by molar-refractivity contribution is -0.159. The van der Waals surface area contributed by atoms with Gasteiger partial charge in [-0.3, -0.25) is 14.4 Å². The van der Waals surface area contributed by atoms with E-state index in [1.807, 2.05) is 7.05 Å². The van der Waals surface area contributed by atoms with E-state index in [2.05, 4.69) is 36.1 Å². The molecule has 0 aromatic heterocycles. The Morgan fingerprint density at radius 3 is 1.98 bits per heavy atom. The lowest BCUT2D eigenvalue weighted by Crippen LogP contribution is -2.47. The number of hydrogen-bond acceptors (Lipinski definition) is 7. The van der Waals surface area contributed by atoms with E-state index in [9.17, 15) is 14.4 Å². The van der Waals surface area contributed by atoms with Crippen molar-refractivity contribution < 1.29 is 28.6 Å². The molecule has 0 amide bonds. The Labute approximate surface area is 292 Å². The molecule has 2 unspecified atom stereocenters. The topological polar surface area (TPSA) is 82.1 Å². The highest BCUT2D eigenvalue weighted by Gasteiger charge is 2.51. The Hall–Kier alpha value is -2.15. The minimum Gasteiger partial charge on any atom is -0.465 e. The number of esters is 3. The molecular formula is C41H67NO6. The number of rotatable bonds is 23. The van der Waals surface area contributed by atoms with Gasteiger partial charge in [-0.25, -0.2) is 0 Å². The fourth-order valence-corrected chi connectivity index (χ4v) is 9.26. The third kappa shape index (κ3) is 14.0. The van der Waals surface area contributed by atoms with Gasteiger partial charge in [0.1, 0.15) is 19.8 Å². The number of piperidine rings is 1. The molecule has 48 heavy (non-hydrogen) atoms. The molecule has 5 rings (SSSR count). The molecule has 1 heterocycles. The first kappa shape index (κ1) is 38.6. The fourth-order valence-electron chi connectivity index (χ4n) is 9.26. The molecular weight excluding hydrogens is 602 g/mol. The molecule has 4 bridgehead atoms. The van der Waals surface area contributed by atoms with Crippen LogP contribution in [0.15, 0.2) is 24.3 Å². The molecule has 272 valence electrons. The summed E-state index contributed by atoms with van der Waals surface area (Å²) in [5.74, 6) is 1.28. The predicted octanol–water partition coefficient (Wildman–Crippen LogP) is 8.99. The Morgan fingerprint density at radius 1 is 0.750 bits per heavy atom. The predicted molar refractivity (Wildman–Crippen MR) is 191 cm³/mol. The highest BCUT2D eigenvalue weighted by Crippen LogP contribution is 2.61. The van der Waals surface area contributed by atoms with E-state index in [1.165, 1.54) is 57.8 Å². The molecule has 0 aromatic carbocycles. The van der Waals surface area contributed by atoms with Crippen molar-refractivity contribution in [1.29, 1.82) is 0 Å². The lowest BCUT2D eigenvalue weighted by atomic mass is 9.49. The number of allylic oxidation sites excluding steroid dienone is 4. The highest BCUT2D eigenvalue weighted by atomic mass is 16.6. The number of carbonyl (C=O) groups is 3. The zero-order valence-corrected chi connectivity index (χ0v) is 30.5. The minimum absolute atomic E-state index is 0.0979. The number of ether oxygens (including phenoxy) is 3. The SMILES string of the molecule is CCCCC/C=C\C/C=C\CCCCCCCC(=O)OCC(COC(=O)CC12CC3CC(CC(C3)C1)C2)COC(=O)C1CCCN(C)C1. The van der Waals surface area contributed by atoms with Gasteiger partial charge in [0.2, 0.25) is 0 Å². The first-order chi connectivity index (χ1) is 23.3. The van der Waals surface area contributed by atoms with Crippen molar-refractivity contribution in [1.82, 2.24) is 4.90 Å². The molecule has 1 saturated heterocycles. The first-order valence-corrected chi connectivity index (χ1v) is 19.8. The van der Waals surface area contributed by atoms with Crippen LogP contribution < -0.4 is 0 Å². The molecule has 0 aromatic rings. The minimum atomic E-state index is -0.357. The summed E-state index contributed by atoms with van der Waals surface area (Å²) < 4.78 is 17.2. The second-order valence-corrected chi connectivity index (χ2v) is 16.0. The molecule has 1 aliphatic heterocycles. The van der Waals surface area contributed by atoms with Gasteiger partial charge < -0.3 is 19.1 Å². The number of hydrogen-bond donors (Lipinski definition) is 0. The van der Waals surface area contributed by atoms with E-state index in [-0.39, 0.29) is 55.0 Å². The molecule has 5 aliphatic rings. The number of nitrogens with zero attached hydrogens (tertiary/aromatic N) is 1. The Balaban J connectivity index is 1.11. The molecule has 4 aliphatic carbocycles. The van der Waals surface area contributed by atoms with E-state index >= 15 is 0 Å². The third-order valence-corrected chi connectivity index (χ3v) is 11.4.